The second-order valence-electron chi connectivity index (χ2n) is 4.30. The molecule has 2 rings (SSSR count). The lowest BCUT2D eigenvalue weighted by atomic mass is 10.2. The molecule has 0 atom stereocenters. The quantitative estimate of drug-likeness (QED) is 0.728. The third-order valence-electron chi connectivity index (χ3n) is 2.71. The van der Waals surface area contributed by atoms with Crippen molar-refractivity contribution in [2.24, 2.45) is 0 Å². The summed E-state index contributed by atoms with van der Waals surface area (Å²) in [6, 6.07) is 7.51. The fourth-order valence-electron chi connectivity index (χ4n) is 1.70. The normalized spacial score (nSPS) is 11.4. The largest absolute Gasteiger partial charge is 0.505 e. The van der Waals surface area contributed by atoms with Crippen LogP contribution in [0.2, 0.25) is 10.0 Å². The van der Waals surface area contributed by atoms with Crippen LogP contribution in [0.15, 0.2) is 39.7 Å². The van der Waals surface area contributed by atoms with Gasteiger partial charge in [0.15, 0.2) is 5.75 Å². The maximum absolute atomic E-state index is 12.4. The molecule has 0 unspecified atom stereocenters. The van der Waals surface area contributed by atoms with Crippen LogP contribution in [0.25, 0.3) is 0 Å². The monoisotopic (exact) mass is 409 g/mol. The Morgan fingerprint density at radius 2 is 1.71 bits per heavy atom. The lowest BCUT2D eigenvalue weighted by Crippen LogP contribution is -2.14. The molecule has 2 N–H and O–H groups in total. The van der Waals surface area contributed by atoms with E-state index in [4.69, 9.17) is 23.2 Å². The molecule has 0 aliphatic carbocycles. The van der Waals surface area contributed by atoms with Crippen LogP contribution in [-0.2, 0) is 10.0 Å². The van der Waals surface area contributed by atoms with Crippen molar-refractivity contribution in [3.8, 4) is 5.75 Å². The summed E-state index contributed by atoms with van der Waals surface area (Å²) in [4.78, 5) is 0.136. The van der Waals surface area contributed by atoms with E-state index >= 15 is 0 Å². The molecule has 0 aliphatic heterocycles. The van der Waals surface area contributed by atoms with Gasteiger partial charge in [-0.15, -0.1) is 0 Å². The van der Waals surface area contributed by atoms with Gasteiger partial charge in [0.25, 0.3) is 10.0 Å². The number of hydrogen-bond acceptors (Lipinski definition) is 3. The van der Waals surface area contributed by atoms with Gasteiger partial charge in [0.1, 0.15) is 0 Å². The van der Waals surface area contributed by atoms with Crippen molar-refractivity contribution in [1.82, 2.24) is 0 Å². The Morgan fingerprint density at radius 3 is 2.29 bits per heavy atom. The van der Waals surface area contributed by atoms with Crippen molar-refractivity contribution < 1.29 is 13.5 Å². The van der Waals surface area contributed by atoms with Gasteiger partial charge in [-0.05, 0) is 36.8 Å². The molecule has 4 nitrogen and oxygen atoms in total. The maximum Gasteiger partial charge on any atom is 0.262 e. The van der Waals surface area contributed by atoms with Crippen LogP contribution in [0.3, 0.4) is 0 Å². The summed E-state index contributed by atoms with van der Waals surface area (Å²) in [5.41, 5.74) is 0.767. The molecule has 0 aliphatic rings. The van der Waals surface area contributed by atoms with Crippen molar-refractivity contribution in [1.29, 1.82) is 0 Å². The van der Waals surface area contributed by atoms with E-state index in [9.17, 15) is 13.5 Å². The number of phenolic OH excluding ortho intramolecular Hbond substituents is 1. The molecule has 0 saturated carbocycles. The lowest BCUT2D eigenvalue weighted by molar-refractivity contribution is 0.476. The Hall–Kier alpha value is -0.950. The zero-order valence-corrected chi connectivity index (χ0v) is 14.6. The lowest BCUT2D eigenvalue weighted by Gasteiger charge is -2.12. The Kier molecular flexibility index (Phi) is 4.72. The Labute approximate surface area is 140 Å². The number of rotatable bonds is 3. The van der Waals surface area contributed by atoms with Gasteiger partial charge in [-0.25, -0.2) is 8.42 Å². The van der Waals surface area contributed by atoms with Crippen LogP contribution in [0.4, 0.5) is 5.69 Å². The van der Waals surface area contributed by atoms with Crippen LogP contribution in [0.1, 0.15) is 5.56 Å². The maximum atomic E-state index is 12.4. The predicted octanol–water partition coefficient (Wildman–Crippen LogP) is 4.57. The first kappa shape index (κ1) is 16.4. The highest BCUT2D eigenvalue weighted by molar-refractivity contribution is 9.10. The van der Waals surface area contributed by atoms with Crippen LogP contribution in [-0.4, -0.2) is 13.5 Å². The van der Waals surface area contributed by atoms with Gasteiger partial charge in [0.2, 0.25) is 0 Å². The molecule has 0 spiro atoms. The van der Waals surface area contributed by atoms with E-state index in [1.54, 1.807) is 19.1 Å². The summed E-state index contributed by atoms with van der Waals surface area (Å²) in [7, 11) is -3.79. The van der Waals surface area contributed by atoms with Gasteiger partial charge in [0, 0.05) is 4.47 Å². The van der Waals surface area contributed by atoms with E-state index in [0.717, 1.165) is 0 Å². The number of nitrogens with one attached hydrogen (secondary N) is 1. The fourth-order valence-corrected chi connectivity index (χ4v) is 4.01. The van der Waals surface area contributed by atoms with E-state index in [1.807, 2.05) is 0 Å². The number of aryl methyl sites for hydroxylation is 1. The Morgan fingerprint density at radius 1 is 1.14 bits per heavy atom. The van der Waals surface area contributed by atoms with Crippen molar-refractivity contribution in [2.75, 3.05) is 4.72 Å². The minimum atomic E-state index is -3.79. The van der Waals surface area contributed by atoms with Crippen LogP contribution < -0.4 is 4.72 Å². The number of hydrogen-bond donors (Lipinski definition) is 2. The van der Waals surface area contributed by atoms with Gasteiger partial charge in [-0.3, -0.25) is 4.72 Å². The standard InChI is InChI=1S/C13H10BrCl2NO3S/c1-7-2-3-8(14)4-12(7)21(19,20)17-9-5-10(15)13(18)11(16)6-9/h2-6,17-18H,1H3. The first-order chi connectivity index (χ1) is 9.70. The minimum Gasteiger partial charge on any atom is -0.505 e. The smallest absolute Gasteiger partial charge is 0.262 e. The van der Waals surface area contributed by atoms with E-state index < -0.39 is 10.0 Å². The summed E-state index contributed by atoms with van der Waals surface area (Å²) < 4.78 is 27.8. The van der Waals surface area contributed by atoms with Gasteiger partial charge >= 0.3 is 0 Å². The molecule has 0 radical (unpaired) electrons. The zero-order valence-electron chi connectivity index (χ0n) is 10.7. The minimum absolute atomic E-state index is 0.0360. The molecule has 8 heteroatoms. The number of anilines is 1. The van der Waals surface area contributed by atoms with Gasteiger partial charge < -0.3 is 5.11 Å². The van der Waals surface area contributed by atoms with E-state index in [-0.39, 0.29) is 26.4 Å². The molecule has 2 aromatic carbocycles. The number of sulfonamides is 1. The van der Waals surface area contributed by atoms with E-state index in [1.165, 1.54) is 18.2 Å². The number of phenols is 1. The average molecular weight is 411 g/mol. The van der Waals surface area contributed by atoms with Gasteiger partial charge in [0.05, 0.1) is 20.6 Å². The molecule has 112 valence electrons. The van der Waals surface area contributed by atoms with Crippen molar-refractivity contribution in [2.45, 2.75) is 11.8 Å². The fraction of sp³-hybridized carbons (Fsp3) is 0.0769. The van der Waals surface area contributed by atoms with Crippen molar-refractivity contribution in [3.05, 3.63) is 50.4 Å². The summed E-state index contributed by atoms with van der Waals surface area (Å²) in [6.45, 7) is 1.69. The highest BCUT2D eigenvalue weighted by atomic mass is 79.9. The molecule has 2 aromatic rings. The van der Waals surface area contributed by atoms with E-state index in [0.29, 0.717) is 10.0 Å². The van der Waals surface area contributed by atoms with Crippen molar-refractivity contribution >= 4 is 54.8 Å². The third-order valence-corrected chi connectivity index (χ3v) is 5.30. The molecular formula is C13H10BrCl2NO3S. The molecule has 21 heavy (non-hydrogen) atoms. The van der Waals surface area contributed by atoms with Gasteiger partial charge in [-0.1, -0.05) is 45.2 Å². The molecule has 0 aromatic heterocycles. The molecule has 0 bridgehead atoms. The zero-order chi connectivity index (χ0) is 15.8. The summed E-state index contributed by atoms with van der Waals surface area (Å²) in [5.74, 6) is -0.292. The van der Waals surface area contributed by atoms with Crippen LogP contribution >= 0.6 is 39.1 Å². The Bertz CT molecular complexity index is 786. The predicted molar refractivity (Wildman–Crippen MR) is 87.8 cm³/mol. The first-order valence-corrected chi connectivity index (χ1v) is 8.71. The second kappa shape index (κ2) is 6.04. The molecule has 0 heterocycles. The third kappa shape index (κ3) is 3.63. The highest BCUT2D eigenvalue weighted by Gasteiger charge is 2.18. The summed E-state index contributed by atoms with van der Waals surface area (Å²) in [6.07, 6.45) is 0. The summed E-state index contributed by atoms with van der Waals surface area (Å²) in [5, 5.41) is 9.41. The topological polar surface area (TPSA) is 66.4 Å². The van der Waals surface area contributed by atoms with Crippen LogP contribution in [0, 0.1) is 6.92 Å². The van der Waals surface area contributed by atoms with Crippen LogP contribution in [0.5, 0.6) is 5.75 Å². The van der Waals surface area contributed by atoms with E-state index in [2.05, 4.69) is 20.7 Å². The molecular weight excluding hydrogens is 401 g/mol. The molecule has 0 saturated heterocycles. The first-order valence-electron chi connectivity index (χ1n) is 5.67. The number of aromatic hydroxyl groups is 1. The summed E-state index contributed by atoms with van der Waals surface area (Å²) >= 11 is 14.8. The number of benzene rings is 2. The molecule has 0 amide bonds. The van der Waals surface area contributed by atoms with Crippen molar-refractivity contribution in [3.63, 3.8) is 0 Å². The van der Waals surface area contributed by atoms with Gasteiger partial charge in [-0.2, -0.15) is 0 Å². The second-order valence-corrected chi connectivity index (χ2v) is 7.68. The average Bonchev–Trinajstić information content (AvgIpc) is 2.38. The SMILES string of the molecule is Cc1ccc(Br)cc1S(=O)(=O)Nc1cc(Cl)c(O)c(Cl)c1. The molecule has 0 fully saturated rings. The Balaban J connectivity index is 2.45. The highest BCUT2D eigenvalue weighted by Crippen LogP contribution is 2.35. The number of halogens is 3.